The zero-order chi connectivity index (χ0) is 8.27. The van der Waals surface area contributed by atoms with Gasteiger partial charge in [0.05, 0.1) is 5.75 Å². The Morgan fingerprint density at radius 1 is 1.45 bits per heavy atom. The number of hydrogen-bond acceptors (Lipinski definition) is 2. The number of benzene rings is 1. The van der Waals surface area contributed by atoms with Crippen LogP contribution in [0.5, 0.6) is 5.75 Å². The Bertz CT molecular complexity index is 271. The van der Waals surface area contributed by atoms with Gasteiger partial charge in [-0.1, -0.05) is 18.2 Å². The van der Waals surface area contributed by atoms with Crippen molar-refractivity contribution in [1.29, 1.82) is 0 Å². The first-order valence-corrected chi connectivity index (χ1v) is 5.00. The Balaban J connectivity index is 2.86. The summed E-state index contributed by atoms with van der Waals surface area (Å²) in [6.07, 6.45) is 1.62. The van der Waals surface area contributed by atoms with Crippen LogP contribution in [0.3, 0.4) is 0 Å². The number of aromatic hydroxyl groups is 1. The molecule has 1 rings (SSSR count). The normalized spacial score (nSPS) is 12.8. The molecule has 0 bridgehead atoms. The number of phenols is 1. The molecule has 0 fully saturated rings. The van der Waals surface area contributed by atoms with Crippen molar-refractivity contribution >= 4 is 10.8 Å². The van der Waals surface area contributed by atoms with Crippen LogP contribution in [0.4, 0.5) is 0 Å². The van der Waals surface area contributed by atoms with Crippen LogP contribution in [0.15, 0.2) is 24.3 Å². The highest BCUT2D eigenvalue weighted by Gasteiger charge is 2.00. The molecule has 0 aliphatic carbocycles. The Morgan fingerprint density at radius 2 is 2.09 bits per heavy atom. The zero-order valence-electron chi connectivity index (χ0n) is 6.28. The fourth-order valence-electron chi connectivity index (χ4n) is 0.852. The maximum atomic E-state index is 10.8. The highest BCUT2D eigenvalue weighted by Crippen LogP contribution is 2.16. The molecule has 0 aliphatic rings. The molecule has 60 valence electrons. The highest BCUT2D eigenvalue weighted by atomic mass is 32.2. The third-order valence-corrected chi connectivity index (χ3v) is 2.07. The Hall–Kier alpha value is -0.830. The molecule has 0 saturated heterocycles. The molecule has 1 aromatic rings. The smallest absolute Gasteiger partial charge is 0.119 e. The summed E-state index contributed by atoms with van der Waals surface area (Å²) in [5.74, 6) is 0.648. The van der Waals surface area contributed by atoms with E-state index in [4.69, 9.17) is 0 Å². The SMILES string of the molecule is CS(=O)Cc1ccccc1O. The molecular formula is C8H10O2S. The van der Waals surface area contributed by atoms with E-state index in [1.54, 1.807) is 24.5 Å². The molecule has 3 heteroatoms. The second kappa shape index (κ2) is 3.53. The largest absolute Gasteiger partial charge is 0.508 e. The van der Waals surface area contributed by atoms with Crippen molar-refractivity contribution in [3.63, 3.8) is 0 Å². The van der Waals surface area contributed by atoms with E-state index in [2.05, 4.69) is 0 Å². The van der Waals surface area contributed by atoms with Gasteiger partial charge in [0.1, 0.15) is 5.75 Å². The molecule has 0 aromatic heterocycles. The molecule has 2 nitrogen and oxygen atoms in total. The Labute approximate surface area is 68.3 Å². The summed E-state index contributed by atoms with van der Waals surface area (Å²) in [7, 11) is -0.887. The van der Waals surface area contributed by atoms with Crippen LogP contribution < -0.4 is 0 Å². The molecule has 1 unspecified atom stereocenters. The Morgan fingerprint density at radius 3 is 2.64 bits per heavy atom. The predicted octanol–water partition coefficient (Wildman–Crippen LogP) is 1.27. The van der Waals surface area contributed by atoms with E-state index in [0.29, 0.717) is 5.75 Å². The van der Waals surface area contributed by atoms with E-state index in [-0.39, 0.29) is 5.75 Å². The molecule has 1 N–H and O–H groups in total. The average molecular weight is 170 g/mol. The summed E-state index contributed by atoms with van der Waals surface area (Å²) in [6, 6.07) is 6.94. The molecular weight excluding hydrogens is 160 g/mol. The summed E-state index contributed by atoms with van der Waals surface area (Å²) < 4.78 is 10.8. The van der Waals surface area contributed by atoms with E-state index in [0.717, 1.165) is 5.56 Å². The number of hydrogen-bond donors (Lipinski definition) is 1. The average Bonchev–Trinajstić information content (AvgIpc) is 1.93. The van der Waals surface area contributed by atoms with Gasteiger partial charge in [-0.2, -0.15) is 0 Å². The Kier molecular flexibility index (Phi) is 2.65. The highest BCUT2D eigenvalue weighted by molar-refractivity contribution is 7.83. The van der Waals surface area contributed by atoms with E-state index in [1.807, 2.05) is 6.07 Å². The molecule has 0 amide bonds. The molecule has 0 heterocycles. The molecule has 0 aliphatic heterocycles. The van der Waals surface area contributed by atoms with Crippen molar-refractivity contribution in [2.45, 2.75) is 5.75 Å². The lowest BCUT2D eigenvalue weighted by Crippen LogP contribution is -1.91. The second-order valence-electron chi connectivity index (χ2n) is 2.35. The molecule has 11 heavy (non-hydrogen) atoms. The quantitative estimate of drug-likeness (QED) is 0.725. The lowest BCUT2D eigenvalue weighted by Gasteiger charge is -1.99. The van der Waals surface area contributed by atoms with Crippen molar-refractivity contribution in [3.8, 4) is 5.75 Å². The zero-order valence-corrected chi connectivity index (χ0v) is 7.10. The lowest BCUT2D eigenvalue weighted by atomic mass is 10.2. The first kappa shape index (κ1) is 8.27. The van der Waals surface area contributed by atoms with Gasteiger partial charge in [-0.25, -0.2) is 0 Å². The van der Waals surface area contributed by atoms with Crippen LogP contribution in [-0.4, -0.2) is 15.6 Å². The van der Waals surface area contributed by atoms with Gasteiger partial charge in [-0.05, 0) is 6.07 Å². The van der Waals surface area contributed by atoms with Crippen molar-refractivity contribution in [1.82, 2.24) is 0 Å². The summed E-state index contributed by atoms with van der Waals surface area (Å²) >= 11 is 0. The monoisotopic (exact) mass is 170 g/mol. The van der Waals surface area contributed by atoms with E-state index < -0.39 is 10.8 Å². The van der Waals surface area contributed by atoms with Crippen molar-refractivity contribution in [2.24, 2.45) is 0 Å². The van der Waals surface area contributed by atoms with Crippen LogP contribution in [0.2, 0.25) is 0 Å². The lowest BCUT2D eigenvalue weighted by molar-refractivity contribution is 0.470. The fraction of sp³-hybridized carbons (Fsp3) is 0.250. The number of phenolic OH excluding ortho intramolecular Hbond substituents is 1. The summed E-state index contributed by atoms with van der Waals surface area (Å²) in [5.41, 5.74) is 0.744. The first-order valence-electron chi connectivity index (χ1n) is 3.27. The van der Waals surface area contributed by atoms with Crippen LogP contribution in [0.1, 0.15) is 5.56 Å². The van der Waals surface area contributed by atoms with Gasteiger partial charge in [0.15, 0.2) is 0 Å². The van der Waals surface area contributed by atoms with Crippen LogP contribution in [0.25, 0.3) is 0 Å². The topological polar surface area (TPSA) is 37.3 Å². The number of rotatable bonds is 2. The summed E-state index contributed by atoms with van der Waals surface area (Å²) in [6.45, 7) is 0. The van der Waals surface area contributed by atoms with Crippen molar-refractivity contribution in [3.05, 3.63) is 29.8 Å². The van der Waals surface area contributed by atoms with E-state index in [9.17, 15) is 9.32 Å². The van der Waals surface area contributed by atoms with Gasteiger partial charge in [-0.15, -0.1) is 0 Å². The molecule has 0 radical (unpaired) electrons. The van der Waals surface area contributed by atoms with Gasteiger partial charge in [-0.3, -0.25) is 4.21 Å². The third-order valence-electron chi connectivity index (χ3n) is 1.35. The van der Waals surface area contributed by atoms with E-state index >= 15 is 0 Å². The molecule has 0 saturated carbocycles. The van der Waals surface area contributed by atoms with Crippen molar-refractivity contribution in [2.75, 3.05) is 6.26 Å². The van der Waals surface area contributed by atoms with Gasteiger partial charge < -0.3 is 5.11 Å². The fourth-order valence-corrected chi connectivity index (χ4v) is 1.53. The van der Waals surface area contributed by atoms with Gasteiger partial charge in [0.25, 0.3) is 0 Å². The standard InChI is InChI=1S/C8H10O2S/c1-11(10)6-7-4-2-3-5-8(7)9/h2-5,9H,6H2,1H3. The van der Waals surface area contributed by atoms with Crippen LogP contribution >= 0.6 is 0 Å². The molecule has 0 spiro atoms. The molecule has 1 atom stereocenters. The van der Waals surface area contributed by atoms with Gasteiger partial charge >= 0.3 is 0 Å². The van der Waals surface area contributed by atoms with Gasteiger partial charge in [0, 0.05) is 22.6 Å². The maximum Gasteiger partial charge on any atom is 0.119 e. The minimum atomic E-state index is -0.887. The second-order valence-corrected chi connectivity index (χ2v) is 3.78. The minimum Gasteiger partial charge on any atom is -0.508 e. The van der Waals surface area contributed by atoms with Gasteiger partial charge in [0.2, 0.25) is 0 Å². The number of para-hydroxylation sites is 1. The van der Waals surface area contributed by atoms with Crippen LogP contribution in [-0.2, 0) is 16.6 Å². The minimum absolute atomic E-state index is 0.225. The summed E-state index contributed by atoms with van der Waals surface area (Å²) in [4.78, 5) is 0. The van der Waals surface area contributed by atoms with Crippen molar-refractivity contribution < 1.29 is 9.32 Å². The predicted molar refractivity (Wildman–Crippen MR) is 45.9 cm³/mol. The summed E-state index contributed by atoms with van der Waals surface area (Å²) in [5, 5.41) is 9.22. The molecule has 1 aromatic carbocycles. The van der Waals surface area contributed by atoms with Crippen LogP contribution in [0, 0.1) is 0 Å². The third kappa shape index (κ3) is 2.35. The maximum absolute atomic E-state index is 10.8. The van der Waals surface area contributed by atoms with E-state index in [1.165, 1.54) is 0 Å². The first-order chi connectivity index (χ1) is 5.20.